The van der Waals surface area contributed by atoms with Gasteiger partial charge in [0.2, 0.25) is 5.91 Å². The van der Waals surface area contributed by atoms with Gasteiger partial charge in [-0.1, -0.05) is 20.8 Å². The predicted octanol–water partition coefficient (Wildman–Crippen LogP) is 3.59. The monoisotopic (exact) mass is 291 g/mol. The van der Waals surface area contributed by atoms with E-state index in [0.717, 1.165) is 10.1 Å². The van der Waals surface area contributed by atoms with E-state index in [0.29, 0.717) is 5.69 Å². The summed E-state index contributed by atoms with van der Waals surface area (Å²) in [5.41, 5.74) is -0.0148. The predicted molar refractivity (Wildman–Crippen MR) is 81.0 cm³/mol. The van der Waals surface area contributed by atoms with E-state index in [1.165, 1.54) is 0 Å². The number of nitrogens with one attached hydrogen (secondary N) is 1. The number of benzene rings is 1. The van der Waals surface area contributed by atoms with Crippen LogP contribution in [0.2, 0.25) is 0 Å². The molecule has 1 unspecified atom stereocenters. The Morgan fingerprint density at radius 2 is 1.95 bits per heavy atom. The molecule has 0 radical (unpaired) electrons. The molecular formula is C15H17NO3S. The van der Waals surface area contributed by atoms with Gasteiger partial charge < -0.3 is 10.4 Å². The summed E-state index contributed by atoms with van der Waals surface area (Å²) >= 11 is 1.62. The first kappa shape index (κ1) is 14.5. The van der Waals surface area contributed by atoms with Crippen molar-refractivity contribution in [2.24, 2.45) is 11.3 Å². The number of anilines is 1. The number of aliphatic carboxylic acids is 1. The highest BCUT2D eigenvalue weighted by Gasteiger charge is 2.37. The van der Waals surface area contributed by atoms with E-state index < -0.39 is 23.2 Å². The van der Waals surface area contributed by atoms with E-state index in [1.807, 2.05) is 23.6 Å². The standard InChI is InChI=1S/C15H17NO3S/c1-15(2,3)12(14(18)19)13(17)16-10-4-5-11-9(8-10)6-7-20-11/h4-8,12H,1-3H3,(H,16,17)(H,18,19). The Hall–Kier alpha value is -1.88. The molecule has 106 valence electrons. The third-order valence-electron chi connectivity index (χ3n) is 3.10. The molecule has 0 spiro atoms. The topological polar surface area (TPSA) is 66.4 Å². The third-order valence-corrected chi connectivity index (χ3v) is 3.99. The maximum Gasteiger partial charge on any atom is 0.316 e. The second kappa shape index (κ2) is 5.25. The molecule has 20 heavy (non-hydrogen) atoms. The molecule has 5 heteroatoms. The van der Waals surface area contributed by atoms with Gasteiger partial charge in [0, 0.05) is 10.4 Å². The van der Waals surface area contributed by atoms with E-state index in [-0.39, 0.29) is 0 Å². The zero-order valence-corrected chi connectivity index (χ0v) is 12.5. The molecule has 1 aromatic carbocycles. The number of carboxylic acids is 1. The minimum absolute atomic E-state index is 0.487. The van der Waals surface area contributed by atoms with Gasteiger partial charge in [-0.05, 0) is 40.4 Å². The first-order valence-electron chi connectivity index (χ1n) is 6.30. The molecule has 0 saturated carbocycles. The van der Waals surface area contributed by atoms with Crippen LogP contribution in [0.4, 0.5) is 5.69 Å². The molecule has 0 aliphatic heterocycles. The Balaban J connectivity index is 2.23. The summed E-state index contributed by atoms with van der Waals surface area (Å²) in [7, 11) is 0. The second-order valence-corrected chi connectivity index (χ2v) is 6.75. The number of hydrogen-bond donors (Lipinski definition) is 2. The molecule has 2 aromatic rings. The van der Waals surface area contributed by atoms with E-state index in [1.54, 1.807) is 38.2 Å². The van der Waals surface area contributed by atoms with Gasteiger partial charge in [-0.2, -0.15) is 0 Å². The lowest BCUT2D eigenvalue weighted by atomic mass is 9.80. The van der Waals surface area contributed by atoms with Gasteiger partial charge in [-0.3, -0.25) is 9.59 Å². The van der Waals surface area contributed by atoms with Crippen LogP contribution in [0.3, 0.4) is 0 Å². The highest BCUT2D eigenvalue weighted by atomic mass is 32.1. The van der Waals surface area contributed by atoms with Crippen molar-refractivity contribution in [1.82, 2.24) is 0 Å². The van der Waals surface area contributed by atoms with E-state index in [9.17, 15) is 14.7 Å². The van der Waals surface area contributed by atoms with Crippen LogP contribution in [0.1, 0.15) is 20.8 Å². The molecule has 2 rings (SSSR count). The molecule has 1 aromatic heterocycles. The molecule has 0 fully saturated rings. The summed E-state index contributed by atoms with van der Waals surface area (Å²) in [4.78, 5) is 23.5. The molecule has 2 N–H and O–H groups in total. The summed E-state index contributed by atoms with van der Waals surface area (Å²) in [5.74, 6) is -2.67. The molecule has 1 amide bonds. The van der Waals surface area contributed by atoms with Crippen LogP contribution in [0.25, 0.3) is 10.1 Å². The lowest BCUT2D eigenvalue weighted by Crippen LogP contribution is -2.39. The SMILES string of the molecule is CC(C)(C)C(C(=O)O)C(=O)Nc1ccc2sccc2c1. The van der Waals surface area contributed by atoms with Crippen molar-refractivity contribution in [1.29, 1.82) is 0 Å². The van der Waals surface area contributed by atoms with Crippen LogP contribution in [-0.2, 0) is 9.59 Å². The Bertz CT molecular complexity index is 654. The third kappa shape index (κ3) is 2.99. The van der Waals surface area contributed by atoms with Crippen molar-refractivity contribution >= 4 is 39.0 Å². The first-order valence-corrected chi connectivity index (χ1v) is 7.18. The van der Waals surface area contributed by atoms with Crippen molar-refractivity contribution in [2.75, 3.05) is 5.32 Å². The van der Waals surface area contributed by atoms with Gasteiger partial charge in [0.05, 0.1) is 0 Å². The molecule has 4 nitrogen and oxygen atoms in total. The molecule has 1 heterocycles. The number of hydrogen-bond acceptors (Lipinski definition) is 3. The largest absolute Gasteiger partial charge is 0.481 e. The summed E-state index contributed by atoms with van der Waals surface area (Å²) in [6, 6.07) is 7.53. The summed E-state index contributed by atoms with van der Waals surface area (Å²) in [5, 5.41) is 14.9. The zero-order valence-electron chi connectivity index (χ0n) is 11.6. The molecule has 0 aliphatic rings. The molecular weight excluding hydrogens is 274 g/mol. The minimum atomic E-state index is -1.10. The fourth-order valence-electron chi connectivity index (χ4n) is 2.13. The van der Waals surface area contributed by atoms with Crippen molar-refractivity contribution in [2.45, 2.75) is 20.8 Å². The average molecular weight is 291 g/mol. The van der Waals surface area contributed by atoms with Crippen LogP contribution in [0, 0.1) is 11.3 Å². The Morgan fingerprint density at radius 3 is 2.55 bits per heavy atom. The smallest absolute Gasteiger partial charge is 0.316 e. The Labute approximate surface area is 121 Å². The number of amides is 1. The van der Waals surface area contributed by atoms with Crippen LogP contribution >= 0.6 is 11.3 Å². The van der Waals surface area contributed by atoms with Crippen LogP contribution in [0.15, 0.2) is 29.6 Å². The van der Waals surface area contributed by atoms with Crippen LogP contribution in [0.5, 0.6) is 0 Å². The molecule has 0 bridgehead atoms. The van der Waals surface area contributed by atoms with Crippen molar-refractivity contribution in [3.05, 3.63) is 29.6 Å². The van der Waals surface area contributed by atoms with Gasteiger partial charge in [0.25, 0.3) is 0 Å². The fourth-order valence-corrected chi connectivity index (χ4v) is 2.91. The maximum atomic E-state index is 12.2. The summed E-state index contributed by atoms with van der Waals surface area (Å²) < 4.78 is 1.13. The maximum absolute atomic E-state index is 12.2. The van der Waals surface area contributed by atoms with Crippen molar-refractivity contribution in [3.8, 4) is 0 Å². The average Bonchev–Trinajstić information content (AvgIpc) is 2.73. The highest BCUT2D eigenvalue weighted by Crippen LogP contribution is 2.29. The highest BCUT2D eigenvalue weighted by molar-refractivity contribution is 7.17. The van der Waals surface area contributed by atoms with E-state index in [4.69, 9.17) is 0 Å². The minimum Gasteiger partial charge on any atom is -0.481 e. The Kier molecular flexibility index (Phi) is 3.81. The quantitative estimate of drug-likeness (QED) is 0.849. The van der Waals surface area contributed by atoms with Gasteiger partial charge in [-0.15, -0.1) is 11.3 Å². The van der Waals surface area contributed by atoms with Gasteiger partial charge in [-0.25, -0.2) is 0 Å². The van der Waals surface area contributed by atoms with Crippen molar-refractivity contribution < 1.29 is 14.7 Å². The van der Waals surface area contributed by atoms with Gasteiger partial charge in [0.1, 0.15) is 5.92 Å². The first-order chi connectivity index (χ1) is 9.29. The number of carbonyl (C=O) groups is 2. The number of carbonyl (C=O) groups excluding carboxylic acids is 1. The van der Waals surface area contributed by atoms with E-state index in [2.05, 4.69) is 5.32 Å². The van der Waals surface area contributed by atoms with Crippen molar-refractivity contribution in [3.63, 3.8) is 0 Å². The second-order valence-electron chi connectivity index (χ2n) is 5.80. The van der Waals surface area contributed by atoms with E-state index >= 15 is 0 Å². The molecule has 1 atom stereocenters. The van der Waals surface area contributed by atoms with Gasteiger partial charge >= 0.3 is 5.97 Å². The summed E-state index contributed by atoms with van der Waals surface area (Å²) in [6.07, 6.45) is 0. The number of thiophene rings is 1. The normalized spacial score (nSPS) is 13.2. The molecule has 0 saturated heterocycles. The lowest BCUT2D eigenvalue weighted by molar-refractivity contribution is -0.149. The summed E-state index contributed by atoms with van der Waals surface area (Å²) in [6.45, 7) is 5.23. The number of carboxylic acid groups (broad SMARTS) is 1. The zero-order chi connectivity index (χ0) is 14.9. The number of rotatable bonds is 3. The lowest BCUT2D eigenvalue weighted by Gasteiger charge is -2.25. The fraction of sp³-hybridized carbons (Fsp3) is 0.333. The Morgan fingerprint density at radius 1 is 1.25 bits per heavy atom. The number of fused-ring (bicyclic) bond motifs is 1. The van der Waals surface area contributed by atoms with Crippen LogP contribution < -0.4 is 5.32 Å². The van der Waals surface area contributed by atoms with Crippen LogP contribution in [-0.4, -0.2) is 17.0 Å². The van der Waals surface area contributed by atoms with Gasteiger partial charge in [0.15, 0.2) is 0 Å². The molecule has 0 aliphatic carbocycles.